The van der Waals surface area contributed by atoms with Gasteiger partial charge in [0.2, 0.25) is 0 Å². The topological polar surface area (TPSA) is 78.9 Å². The van der Waals surface area contributed by atoms with Crippen molar-refractivity contribution in [2.75, 3.05) is 13.2 Å². The van der Waals surface area contributed by atoms with Gasteiger partial charge in [-0.25, -0.2) is 0 Å². The average Bonchev–Trinajstić information content (AvgIpc) is 3.28. The Hall–Kier alpha value is -2.37. The summed E-state index contributed by atoms with van der Waals surface area (Å²) < 4.78 is 16.8. The van der Waals surface area contributed by atoms with Crippen molar-refractivity contribution >= 4 is 17.9 Å². The highest BCUT2D eigenvalue weighted by atomic mass is 16.6. The van der Waals surface area contributed by atoms with Gasteiger partial charge in [0, 0.05) is 19.3 Å². The fourth-order valence-corrected chi connectivity index (χ4v) is 7.96. The molecule has 1 unspecified atom stereocenters. The standard InChI is InChI=1S/C57H104O6/c1-4-7-10-13-16-19-22-24-26-28-29-30-32-33-35-38-41-44-47-50-56(59)62-53-54(52-61-55(58)49-46-43-40-37-21-18-15-12-9-6-3)63-57(60)51-48-45-42-39-36-34-31-27-25-23-20-17-14-11-8-5-2/h27-29,31,34,36,54H,4-26,30,32-33,35,37-53H2,1-3H3/b29-28-,31-27-,36-34-. The molecule has 0 aromatic rings. The van der Waals surface area contributed by atoms with Crippen molar-refractivity contribution in [3.63, 3.8) is 0 Å². The molecule has 0 aliphatic rings. The highest BCUT2D eigenvalue weighted by Crippen LogP contribution is 2.15. The Bertz CT molecular complexity index is 1060. The summed E-state index contributed by atoms with van der Waals surface area (Å²) in [5, 5.41) is 0. The predicted molar refractivity (Wildman–Crippen MR) is 270 cm³/mol. The van der Waals surface area contributed by atoms with Crippen molar-refractivity contribution in [3.05, 3.63) is 36.5 Å². The Morgan fingerprint density at radius 1 is 0.317 bits per heavy atom. The molecule has 0 radical (unpaired) electrons. The van der Waals surface area contributed by atoms with Gasteiger partial charge < -0.3 is 14.2 Å². The number of hydrogen-bond acceptors (Lipinski definition) is 6. The number of rotatable bonds is 50. The highest BCUT2D eigenvalue weighted by Gasteiger charge is 2.19. The molecular weight excluding hydrogens is 781 g/mol. The number of allylic oxidation sites excluding steroid dienone is 6. The van der Waals surface area contributed by atoms with Gasteiger partial charge in [0.15, 0.2) is 6.10 Å². The summed E-state index contributed by atoms with van der Waals surface area (Å²) in [6.07, 6.45) is 61.4. The lowest BCUT2D eigenvalue weighted by Gasteiger charge is -2.18. The van der Waals surface area contributed by atoms with Gasteiger partial charge in [-0.15, -0.1) is 0 Å². The second-order valence-electron chi connectivity index (χ2n) is 18.5. The fourth-order valence-electron chi connectivity index (χ4n) is 7.96. The minimum Gasteiger partial charge on any atom is -0.462 e. The maximum atomic E-state index is 12.8. The molecule has 0 saturated heterocycles. The molecule has 6 heteroatoms. The summed E-state index contributed by atoms with van der Waals surface area (Å²) in [6.45, 7) is 6.62. The van der Waals surface area contributed by atoms with E-state index in [0.717, 1.165) is 70.6 Å². The van der Waals surface area contributed by atoms with Crippen LogP contribution in [0.2, 0.25) is 0 Å². The molecule has 0 aliphatic heterocycles. The average molecular weight is 885 g/mol. The van der Waals surface area contributed by atoms with Gasteiger partial charge in [-0.1, -0.05) is 237 Å². The molecule has 368 valence electrons. The van der Waals surface area contributed by atoms with Crippen molar-refractivity contribution in [2.45, 2.75) is 297 Å². The van der Waals surface area contributed by atoms with E-state index in [1.807, 2.05) is 0 Å². The molecule has 1 atom stereocenters. The largest absolute Gasteiger partial charge is 0.462 e. The first-order valence-electron chi connectivity index (χ1n) is 27.5. The third-order valence-electron chi connectivity index (χ3n) is 12.1. The van der Waals surface area contributed by atoms with Crippen LogP contribution in [0.5, 0.6) is 0 Å². The second kappa shape index (κ2) is 52.3. The molecule has 0 rings (SSSR count). The zero-order valence-electron chi connectivity index (χ0n) is 42.1. The summed E-state index contributed by atoms with van der Waals surface area (Å²) in [7, 11) is 0. The quantitative estimate of drug-likeness (QED) is 0.0199. The van der Waals surface area contributed by atoms with E-state index in [0.29, 0.717) is 19.3 Å². The van der Waals surface area contributed by atoms with Gasteiger partial charge in [-0.05, 0) is 70.6 Å². The van der Waals surface area contributed by atoms with E-state index in [4.69, 9.17) is 14.2 Å². The van der Waals surface area contributed by atoms with Crippen LogP contribution in [0.25, 0.3) is 0 Å². The van der Waals surface area contributed by atoms with Crippen molar-refractivity contribution < 1.29 is 28.6 Å². The summed E-state index contributed by atoms with van der Waals surface area (Å²) in [5.74, 6) is -0.902. The van der Waals surface area contributed by atoms with Crippen LogP contribution in [0.1, 0.15) is 290 Å². The summed E-state index contributed by atoms with van der Waals surface area (Å²) in [4.78, 5) is 38.0. The minimum absolute atomic E-state index is 0.0814. The Kier molecular flexibility index (Phi) is 50.3. The van der Waals surface area contributed by atoms with Crippen molar-refractivity contribution in [2.24, 2.45) is 0 Å². The Labute approximate surface area is 391 Å². The highest BCUT2D eigenvalue weighted by molar-refractivity contribution is 5.71. The van der Waals surface area contributed by atoms with Gasteiger partial charge >= 0.3 is 17.9 Å². The lowest BCUT2D eigenvalue weighted by atomic mass is 10.1. The van der Waals surface area contributed by atoms with E-state index in [1.165, 1.54) is 180 Å². The molecule has 0 heterocycles. The van der Waals surface area contributed by atoms with Crippen LogP contribution >= 0.6 is 0 Å². The van der Waals surface area contributed by atoms with E-state index < -0.39 is 6.10 Å². The number of hydrogen-bond donors (Lipinski definition) is 0. The van der Waals surface area contributed by atoms with Crippen LogP contribution < -0.4 is 0 Å². The van der Waals surface area contributed by atoms with Crippen LogP contribution in [0, 0.1) is 0 Å². The van der Waals surface area contributed by atoms with Crippen LogP contribution in [0.3, 0.4) is 0 Å². The number of unbranched alkanes of at least 4 members (excludes halogenated alkanes) is 34. The van der Waals surface area contributed by atoms with Gasteiger partial charge in [0.05, 0.1) is 0 Å². The molecule has 0 bridgehead atoms. The zero-order valence-corrected chi connectivity index (χ0v) is 42.1. The van der Waals surface area contributed by atoms with E-state index in [-0.39, 0.29) is 31.1 Å². The molecule has 0 spiro atoms. The van der Waals surface area contributed by atoms with Gasteiger partial charge in [0.1, 0.15) is 13.2 Å². The predicted octanol–water partition coefficient (Wildman–Crippen LogP) is 18.1. The molecule has 0 saturated carbocycles. The zero-order chi connectivity index (χ0) is 45.8. The SMILES string of the molecule is CCCCCCCCC/C=C\C=C/CCCCCC(=O)OC(COC(=O)CCCCCCCCC/C=C\CCCCCCCCCC)COC(=O)CCCCCCCCCCCC. The van der Waals surface area contributed by atoms with Crippen LogP contribution in [-0.4, -0.2) is 37.2 Å². The summed E-state index contributed by atoms with van der Waals surface area (Å²) in [6, 6.07) is 0. The maximum Gasteiger partial charge on any atom is 0.306 e. The lowest BCUT2D eigenvalue weighted by Crippen LogP contribution is -2.30. The van der Waals surface area contributed by atoms with Crippen LogP contribution in [-0.2, 0) is 28.6 Å². The molecule has 0 amide bonds. The minimum atomic E-state index is -0.783. The van der Waals surface area contributed by atoms with Gasteiger partial charge in [-0.3, -0.25) is 14.4 Å². The molecule has 0 aliphatic carbocycles. The molecule has 0 aromatic carbocycles. The number of carbonyl (C=O) groups is 3. The molecular formula is C57H104O6. The molecule has 0 N–H and O–H groups in total. The monoisotopic (exact) mass is 885 g/mol. The number of carbonyl (C=O) groups excluding carboxylic acids is 3. The number of esters is 3. The first-order valence-corrected chi connectivity index (χ1v) is 27.5. The van der Waals surface area contributed by atoms with E-state index in [1.54, 1.807) is 0 Å². The lowest BCUT2D eigenvalue weighted by molar-refractivity contribution is -0.167. The van der Waals surface area contributed by atoms with Crippen molar-refractivity contribution in [1.82, 2.24) is 0 Å². The van der Waals surface area contributed by atoms with Gasteiger partial charge in [-0.2, -0.15) is 0 Å². The number of ether oxygens (including phenoxy) is 3. The molecule has 63 heavy (non-hydrogen) atoms. The fraction of sp³-hybridized carbons (Fsp3) is 0.842. The van der Waals surface area contributed by atoms with Crippen molar-refractivity contribution in [1.29, 1.82) is 0 Å². The normalized spacial score (nSPS) is 12.2. The van der Waals surface area contributed by atoms with E-state index in [9.17, 15) is 14.4 Å². The van der Waals surface area contributed by atoms with E-state index in [2.05, 4.69) is 57.2 Å². The molecule has 6 nitrogen and oxygen atoms in total. The maximum absolute atomic E-state index is 12.8. The summed E-state index contributed by atoms with van der Waals surface area (Å²) >= 11 is 0. The third kappa shape index (κ3) is 50.5. The molecule has 0 aromatic heterocycles. The smallest absolute Gasteiger partial charge is 0.306 e. The van der Waals surface area contributed by atoms with Crippen LogP contribution in [0.15, 0.2) is 36.5 Å². The van der Waals surface area contributed by atoms with E-state index >= 15 is 0 Å². The first kappa shape index (κ1) is 60.6. The summed E-state index contributed by atoms with van der Waals surface area (Å²) in [5.41, 5.74) is 0. The van der Waals surface area contributed by atoms with Crippen molar-refractivity contribution in [3.8, 4) is 0 Å². The second-order valence-corrected chi connectivity index (χ2v) is 18.5. The van der Waals surface area contributed by atoms with Gasteiger partial charge in [0.25, 0.3) is 0 Å². The van der Waals surface area contributed by atoms with Crippen LogP contribution in [0.4, 0.5) is 0 Å². The first-order chi connectivity index (χ1) is 31.0. The molecule has 0 fully saturated rings. The Morgan fingerprint density at radius 3 is 0.905 bits per heavy atom. The third-order valence-corrected chi connectivity index (χ3v) is 12.1. The Balaban J connectivity index is 4.34. The Morgan fingerprint density at radius 2 is 0.571 bits per heavy atom.